The first kappa shape index (κ1) is 11.5. The lowest BCUT2D eigenvalue weighted by molar-refractivity contribution is -0.116. The van der Waals surface area contributed by atoms with E-state index in [2.05, 4.69) is 52.6 Å². The second-order valence-corrected chi connectivity index (χ2v) is 6.69. The zero-order valence-electron chi connectivity index (χ0n) is 10.1. The zero-order chi connectivity index (χ0) is 12.2. The lowest BCUT2D eigenvalue weighted by Crippen LogP contribution is -2.40. The quantitative estimate of drug-likeness (QED) is 0.523. The molecule has 3 unspecified atom stereocenters. The van der Waals surface area contributed by atoms with Crippen LogP contribution in [0.25, 0.3) is 0 Å². The van der Waals surface area contributed by atoms with Crippen molar-refractivity contribution in [2.75, 3.05) is 4.90 Å². The average Bonchev–Trinajstić information content (AvgIpc) is 2.79. The minimum Gasteiger partial charge on any atom is -0.307 e. The standard InChI is InChI=1S/C14H16INO/c1-8-4-3-5-10-11-6-7-12(15)14(11)16(9(2)17)13(8)10/h3-5,11-12,14H,6-7H2,1-2H3. The smallest absolute Gasteiger partial charge is 0.224 e. The van der Waals surface area contributed by atoms with Crippen molar-refractivity contribution in [3.63, 3.8) is 0 Å². The fourth-order valence-corrected chi connectivity index (χ4v) is 4.62. The van der Waals surface area contributed by atoms with Crippen LogP contribution < -0.4 is 4.90 Å². The summed E-state index contributed by atoms with van der Waals surface area (Å²) in [5.41, 5.74) is 3.82. The van der Waals surface area contributed by atoms with Gasteiger partial charge in [0.25, 0.3) is 0 Å². The van der Waals surface area contributed by atoms with Gasteiger partial charge in [-0.05, 0) is 30.9 Å². The van der Waals surface area contributed by atoms with Gasteiger partial charge in [-0.2, -0.15) is 0 Å². The number of nitrogens with zero attached hydrogens (tertiary/aromatic N) is 1. The van der Waals surface area contributed by atoms with Crippen molar-refractivity contribution in [2.24, 2.45) is 0 Å². The van der Waals surface area contributed by atoms with Gasteiger partial charge in [0.05, 0.1) is 11.7 Å². The number of alkyl halides is 1. The van der Waals surface area contributed by atoms with Gasteiger partial charge in [0.2, 0.25) is 5.91 Å². The van der Waals surface area contributed by atoms with Crippen molar-refractivity contribution in [2.45, 2.75) is 42.6 Å². The largest absolute Gasteiger partial charge is 0.307 e. The van der Waals surface area contributed by atoms with E-state index in [9.17, 15) is 4.79 Å². The maximum absolute atomic E-state index is 12.0. The van der Waals surface area contributed by atoms with Gasteiger partial charge in [-0.3, -0.25) is 4.79 Å². The van der Waals surface area contributed by atoms with Crippen LogP contribution in [0.1, 0.15) is 36.8 Å². The van der Waals surface area contributed by atoms with Crippen LogP contribution in [0, 0.1) is 6.92 Å². The molecule has 2 nitrogen and oxygen atoms in total. The molecule has 1 amide bonds. The number of carbonyl (C=O) groups excluding carboxylic acids is 1. The van der Waals surface area contributed by atoms with Crippen molar-refractivity contribution >= 4 is 34.2 Å². The van der Waals surface area contributed by atoms with E-state index in [0.29, 0.717) is 15.9 Å². The summed E-state index contributed by atoms with van der Waals surface area (Å²) >= 11 is 2.51. The molecule has 0 saturated heterocycles. The molecule has 1 aliphatic carbocycles. The van der Waals surface area contributed by atoms with Crippen LogP contribution >= 0.6 is 22.6 Å². The first-order valence-electron chi connectivity index (χ1n) is 6.14. The number of amides is 1. The molecular formula is C14H16INO. The van der Waals surface area contributed by atoms with Gasteiger partial charge in [0, 0.05) is 16.8 Å². The molecule has 1 saturated carbocycles. The van der Waals surface area contributed by atoms with E-state index in [4.69, 9.17) is 0 Å². The van der Waals surface area contributed by atoms with Crippen molar-refractivity contribution in [3.05, 3.63) is 29.3 Å². The van der Waals surface area contributed by atoms with Crippen LogP contribution in [-0.2, 0) is 4.79 Å². The fraction of sp³-hybridized carbons (Fsp3) is 0.500. The Balaban J connectivity index is 2.19. The van der Waals surface area contributed by atoms with E-state index < -0.39 is 0 Å². The number of hydrogen-bond donors (Lipinski definition) is 0. The lowest BCUT2D eigenvalue weighted by Gasteiger charge is -2.27. The summed E-state index contributed by atoms with van der Waals surface area (Å²) in [5.74, 6) is 0.757. The molecule has 17 heavy (non-hydrogen) atoms. The summed E-state index contributed by atoms with van der Waals surface area (Å²) in [6.07, 6.45) is 2.45. The van der Waals surface area contributed by atoms with Gasteiger partial charge in [0.1, 0.15) is 0 Å². The predicted octanol–water partition coefficient (Wildman–Crippen LogP) is 3.41. The molecule has 0 spiro atoms. The third-order valence-corrected chi connectivity index (χ3v) is 5.44. The molecule has 1 heterocycles. The Kier molecular flexibility index (Phi) is 2.69. The molecule has 1 aromatic rings. The van der Waals surface area contributed by atoms with Gasteiger partial charge in [0.15, 0.2) is 0 Å². The summed E-state index contributed by atoms with van der Waals surface area (Å²) < 4.78 is 0.591. The highest BCUT2D eigenvalue weighted by Crippen LogP contribution is 2.52. The highest BCUT2D eigenvalue weighted by molar-refractivity contribution is 14.1. The van der Waals surface area contributed by atoms with E-state index in [0.717, 1.165) is 0 Å². The number of fused-ring (bicyclic) bond motifs is 3. The van der Waals surface area contributed by atoms with Crippen molar-refractivity contribution < 1.29 is 4.79 Å². The Morgan fingerprint density at radius 1 is 1.41 bits per heavy atom. The highest BCUT2D eigenvalue weighted by Gasteiger charge is 2.47. The Bertz CT molecular complexity index is 485. The van der Waals surface area contributed by atoms with Crippen molar-refractivity contribution in [3.8, 4) is 0 Å². The maximum Gasteiger partial charge on any atom is 0.224 e. The number of benzene rings is 1. The second-order valence-electron chi connectivity index (χ2n) is 5.09. The molecule has 0 radical (unpaired) electrons. The van der Waals surface area contributed by atoms with E-state index in [1.807, 2.05) is 0 Å². The van der Waals surface area contributed by atoms with Crippen LogP contribution in [0.2, 0.25) is 0 Å². The molecule has 1 aliphatic heterocycles. The molecule has 0 aromatic heterocycles. The molecule has 2 aliphatic rings. The van der Waals surface area contributed by atoms with Crippen molar-refractivity contribution in [1.82, 2.24) is 0 Å². The molecule has 1 aromatic carbocycles. The molecule has 3 heteroatoms. The van der Waals surface area contributed by atoms with Gasteiger partial charge in [-0.1, -0.05) is 40.8 Å². The van der Waals surface area contributed by atoms with Gasteiger partial charge in [-0.25, -0.2) is 0 Å². The van der Waals surface area contributed by atoms with Gasteiger partial charge in [-0.15, -0.1) is 0 Å². The van der Waals surface area contributed by atoms with Crippen molar-refractivity contribution in [1.29, 1.82) is 0 Å². The summed E-state index contributed by atoms with van der Waals surface area (Å²) in [6, 6.07) is 6.83. The number of hydrogen-bond acceptors (Lipinski definition) is 1. The number of para-hydroxylation sites is 1. The zero-order valence-corrected chi connectivity index (χ0v) is 12.3. The van der Waals surface area contributed by atoms with Crippen LogP contribution in [0.3, 0.4) is 0 Å². The first-order chi connectivity index (χ1) is 8.11. The monoisotopic (exact) mass is 341 g/mol. The third-order valence-electron chi connectivity index (χ3n) is 4.08. The summed E-state index contributed by atoms with van der Waals surface area (Å²) in [6.45, 7) is 3.80. The maximum atomic E-state index is 12.0. The van der Waals surface area contributed by atoms with E-state index >= 15 is 0 Å². The highest BCUT2D eigenvalue weighted by atomic mass is 127. The minimum atomic E-state index is 0.191. The Morgan fingerprint density at radius 3 is 2.88 bits per heavy atom. The van der Waals surface area contributed by atoms with E-state index in [1.165, 1.54) is 29.7 Å². The molecule has 1 fully saturated rings. The molecule has 3 rings (SSSR count). The van der Waals surface area contributed by atoms with Crippen LogP contribution in [0.4, 0.5) is 5.69 Å². The SMILES string of the molecule is CC(=O)N1c2c(C)cccc2C2CCC(I)C21. The summed E-state index contributed by atoms with van der Waals surface area (Å²) in [5, 5.41) is 0. The molecule has 0 N–H and O–H groups in total. The topological polar surface area (TPSA) is 20.3 Å². The number of anilines is 1. The van der Waals surface area contributed by atoms with E-state index in [1.54, 1.807) is 6.92 Å². The number of halogens is 1. The average molecular weight is 341 g/mol. The molecule has 0 bridgehead atoms. The minimum absolute atomic E-state index is 0.191. The van der Waals surface area contributed by atoms with Crippen LogP contribution in [0.15, 0.2) is 18.2 Å². The van der Waals surface area contributed by atoms with Gasteiger partial charge >= 0.3 is 0 Å². The van der Waals surface area contributed by atoms with Gasteiger partial charge < -0.3 is 4.90 Å². The first-order valence-corrected chi connectivity index (χ1v) is 7.39. The number of rotatable bonds is 0. The lowest BCUT2D eigenvalue weighted by atomic mass is 9.96. The summed E-state index contributed by atoms with van der Waals surface area (Å²) in [4.78, 5) is 14.0. The predicted molar refractivity (Wildman–Crippen MR) is 77.9 cm³/mol. The van der Waals surface area contributed by atoms with E-state index in [-0.39, 0.29) is 5.91 Å². The summed E-state index contributed by atoms with van der Waals surface area (Å²) in [7, 11) is 0. The Labute approximate surface area is 116 Å². The normalized spacial score (nSPS) is 30.3. The van der Waals surface area contributed by atoms with Crippen LogP contribution in [-0.4, -0.2) is 15.9 Å². The number of carbonyl (C=O) groups is 1. The number of aryl methyl sites for hydroxylation is 1. The third kappa shape index (κ3) is 1.54. The Hall–Kier alpha value is -0.580. The molecular weight excluding hydrogens is 325 g/mol. The Morgan fingerprint density at radius 2 is 2.18 bits per heavy atom. The molecule has 90 valence electrons. The second kappa shape index (κ2) is 3.97. The van der Waals surface area contributed by atoms with Crippen LogP contribution in [0.5, 0.6) is 0 Å². The fourth-order valence-electron chi connectivity index (χ4n) is 3.44. The molecule has 3 atom stereocenters.